The molecule has 0 aromatic carbocycles. The van der Waals surface area contributed by atoms with Crippen molar-refractivity contribution in [3.63, 3.8) is 0 Å². The molecule has 0 saturated carbocycles. The summed E-state index contributed by atoms with van der Waals surface area (Å²) in [4.78, 5) is 25.5. The number of hydrogen-bond donors (Lipinski definition) is 0. The second-order valence-corrected chi connectivity index (χ2v) is 4.83. The molecule has 0 N–H and O–H groups in total. The van der Waals surface area contributed by atoms with Gasteiger partial charge in [0.2, 0.25) is 0 Å². The van der Waals surface area contributed by atoms with Crippen LogP contribution in [0.1, 0.15) is 24.2 Å². The van der Waals surface area contributed by atoms with Gasteiger partial charge in [-0.25, -0.2) is 0 Å². The van der Waals surface area contributed by atoms with Crippen LogP contribution in [-0.4, -0.2) is 40.7 Å². The van der Waals surface area contributed by atoms with Gasteiger partial charge in [0.15, 0.2) is 0 Å². The minimum atomic E-state index is -0.171. The lowest BCUT2D eigenvalue weighted by molar-refractivity contribution is -0.0586. The lowest BCUT2D eigenvalue weighted by atomic mass is 10.2. The molecule has 5 nitrogen and oxygen atoms in total. The van der Waals surface area contributed by atoms with E-state index in [1.807, 2.05) is 13.8 Å². The molecular weight excluding hydrogens is 232 g/mol. The fourth-order valence-corrected chi connectivity index (χ4v) is 2.21. The fraction of sp³-hybridized carbons (Fsp3) is 0.538. The normalized spacial score (nSPS) is 24.1. The highest BCUT2D eigenvalue weighted by atomic mass is 16.5. The van der Waals surface area contributed by atoms with Crippen molar-refractivity contribution in [3.05, 3.63) is 34.2 Å². The van der Waals surface area contributed by atoms with Gasteiger partial charge in [0.1, 0.15) is 0 Å². The average Bonchev–Trinajstić information content (AvgIpc) is 2.30. The Bertz CT molecular complexity index is 499. The lowest BCUT2D eigenvalue weighted by Crippen LogP contribution is -2.48. The third-order valence-corrected chi connectivity index (χ3v) is 3.06. The molecule has 1 aromatic rings. The molecule has 2 heterocycles. The summed E-state index contributed by atoms with van der Waals surface area (Å²) in [5, 5.41) is 0. The van der Waals surface area contributed by atoms with E-state index in [-0.39, 0.29) is 23.7 Å². The monoisotopic (exact) mass is 250 g/mol. The Labute approximate surface area is 106 Å². The van der Waals surface area contributed by atoms with E-state index < -0.39 is 0 Å². The maximum Gasteiger partial charge on any atom is 0.254 e. The van der Waals surface area contributed by atoms with Crippen LogP contribution in [0.4, 0.5) is 0 Å². The molecular formula is C13H18N2O3. The minimum absolute atomic E-state index is 0.0317. The summed E-state index contributed by atoms with van der Waals surface area (Å²) >= 11 is 0. The molecule has 2 unspecified atom stereocenters. The Balaban J connectivity index is 2.20. The predicted molar refractivity (Wildman–Crippen MR) is 67.6 cm³/mol. The summed E-state index contributed by atoms with van der Waals surface area (Å²) in [6.07, 6.45) is 1.68. The lowest BCUT2D eigenvalue weighted by Gasteiger charge is -2.35. The van der Waals surface area contributed by atoms with Gasteiger partial charge in [-0.05, 0) is 19.9 Å². The molecule has 98 valence electrons. The van der Waals surface area contributed by atoms with Gasteiger partial charge in [0, 0.05) is 38.0 Å². The number of morpholine rings is 1. The van der Waals surface area contributed by atoms with E-state index in [2.05, 4.69) is 0 Å². The second-order valence-electron chi connectivity index (χ2n) is 4.83. The topological polar surface area (TPSA) is 51.5 Å². The maximum absolute atomic E-state index is 12.3. The number of hydrogen-bond acceptors (Lipinski definition) is 3. The molecule has 18 heavy (non-hydrogen) atoms. The Kier molecular flexibility index (Phi) is 3.52. The van der Waals surface area contributed by atoms with Gasteiger partial charge in [-0.2, -0.15) is 0 Å². The first kappa shape index (κ1) is 12.8. The number of carbonyl (C=O) groups is 1. The van der Waals surface area contributed by atoms with Crippen LogP contribution in [0.25, 0.3) is 0 Å². The van der Waals surface area contributed by atoms with Crippen molar-refractivity contribution < 1.29 is 9.53 Å². The first-order valence-electron chi connectivity index (χ1n) is 6.09. The maximum atomic E-state index is 12.3. The zero-order chi connectivity index (χ0) is 13.3. The smallest absolute Gasteiger partial charge is 0.254 e. The average molecular weight is 250 g/mol. The van der Waals surface area contributed by atoms with Gasteiger partial charge in [-0.1, -0.05) is 0 Å². The van der Waals surface area contributed by atoms with Gasteiger partial charge < -0.3 is 14.2 Å². The number of aromatic nitrogens is 1. The number of rotatable bonds is 1. The number of carbonyl (C=O) groups excluding carboxylic acids is 1. The Morgan fingerprint density at radius 1 is 1.33 bits per heavy atom. The van der Waals surface area contributed by atoms with Crippen LogP contribution in [0.15, 0.2) is 23.1 Å². The van der Waals surface area contributed by atoms with E-state index in [4.69, 9.17) is 4.74 Å². The van der Waals surface area contributed by atoms with E-state index in [9.17, 15) is 9.59 Å². The van der Waals surface area contributed by atoms with E-state index in [1.54, 1.807) is 24.2 Å². The van der Waals surface area contributed by atoms with Crippen LogP contribution >= 0.6 is 0 Å². The molecule has 1 aliphatic heterocycles. The summed E-state index contributed by atoms with van der Waals surface area (Å²) in [5.41, 5.74) is 0.273. The van der Waals surface area contributed by atoms with Crippen molar-refractivity contribution >= 4 is 5.91 Å². The van der Waals surface area contributed by atoms with E-state index in [0.29, 0.717) is 18.7 Å². The van der Waals surface area contributed by atoms with Crippen molar-refractivity contribution in [2.45, 2.75) is 26.1 Å². The van der Waals surface area contributed by atoms with Crippen LogP contribution < -0.4 is 5.56 Å². The number of aryl methyl sites for hydroxylation is 1. The molecule has 5 heteroatoms. The molecule has 0 radical (unpaired) electrons. The van der Waals surface area contributed by atoms with Gasteiger partial charge in [0.25, 0.3) is 11.5 Å². The number of pyridine rings is 1. The zero-order valence-electron chi connectivity index (χ0n) is 10.9. The standard InChI is InChI=1S/C13H18N2O3/c1-9-7-15(8-10(2)18-9)13(17)11-4-5-14(3)12(16)6-11/h4-6,9-10H,7-8H2,1-3H3. The fourth-order valence-electron chi connectivity index (χ4n) is 2.21. The van der Waals surface area contributed by atoms with Crippen molar-refractivity contribution in [1.29, 1.82) is 0 Å². The summed E-state index contributed by atoms with van der Waals surface area (Å²) in [6.45, 7) is 5.02. The highest BCUT2D eigenvalue weighted by Crippen LogP contribution is 2.13. The third kappa shape index (κ3) is 2.61. The molecule has 0 aliphatic carbocycles. The van der Waals surface area contributed by atoms with Crippen LogP contribution in [0.3, 0.4) is 0 Å². The highest BCUT2D eigenvalue weighted by Gasteiger charge is 2.26. The molecule has 1 fully saturated rings. The number of amides is 1. The largest absolute Gasteiger partial charge is 0.372 e. The molecule has 1 amide bonds. The van der Waals surface area contributed by atoms with Crippen molar-refractivity contribution in [2.24, 2.45) is 7.05 Å². The Morgan fingerprint density at radius 3 is 2.50 bits per heavy atom. The minimum Gasteiger partial charge on any atom is -0.372 e. The van der Waals surface area contributed by atoms with Crippen molar-refractivity contribution in [3.8, 4) is 0 Å². The summed E-state index contributed by atoms with van der Waals surface area (Å²) < 4.78 is 7.03. The van der Waals surface area contributed by atoms with Crippen molar-refractivity contribution in [1.82, 2.24) is 9.47 Å². The second kappa shape index (κ2) is 4.94. The van der Waals surface area contributed by atoms with E-state index in [1.165, 1.54) is 10.6 Å². The molecule has 1 aliphatic rings. The summed E-state index contributed by atoms with van der Waals surface area (Å²) in [6, 6.07) is 3.06. The Hall–Kier alpha value is -1.62. The first-order valence-corrected chi connectivity index (χ1v) is 6.09. The molecule has 1 saturated heterocycles. The summed E-state index contributed by atoms with van der Waals surface area (Å²) in [7, 11) is 1.66. The molecule has 0 spiro atoms. The molecule has 2 rings (SSSR count). The molecule has 0 bridgehead atoms. The molecule has 2 atom stereocenters. The zero-order valence-corrected chi connectivity index (χ0v) is 10.9. The van der Waals surface area contributed by atoms with Gasteiger partial charge in [-0.15, -0.1) is 0 Å². The van der Waals surface area contributed by atoms with Crippen LogP contribution in [-0.2, 0) is 11.8 Å². The van der Waals surface area contributed by atoms with Crippen LogP contribution in [0.5, 0.6) is 0 Å². The van der Waals surface area contributed by atoms with Gasteiger partial charge in [0.05, 0.1) is 12.2 Å². The first-order chi connectivity index (χ1) is 8.47. The van der Waals surface area contributed by atoms with Crippen LogP contribution in [0.2, 0.25) is 0 Å². The van der Waals surface area contributed by atoms with Gasteiger partial charge >= 0.3 is 0 Å². The third-order valence-electron chi connectivity index (χ3n) is 3.06. The van der Waals surface area contributed by atoms with E-state index in [0.717, 1.165) is 0 Å². The van der Waals surface area contributed by atoms with Crippen molar-refractivity contribution in [2.75, 3.05) is 13.1 Å². The van der Waals surface area contributed by atoms with Gasteiger partial charge in [-0.3, -0.25) is 9.59 Å². The quantitative estimate of drug-likeness (QED) is 0.734. The Morgan fingerprint density at radius 2 is 1.94 bits per heavy atom. The number of ether oxygens (including phenoxy) is 1. The SMILES string of the molecule is CC1CN(C(=O)c2ccn(C)c(=O)c2)CC(C)O1. The highest BCUT2D eigenvalue weighted by molar-refractivity contribution is 5.94. The van der Waals surface area contributed by atoms with E-state index >= 15 is 0 Å². The predicted octanol–water partition coefficient (Wildman–Crippen LogP) is 0.635. The molecule has 1 aromatic heterocycles. The van der Waals surface area contributed by atoms with Crippen LogP contribution in [0, 0.1) is 0 Å². The number of nitrogens with zero attached hydrogens (tertiary/aromatic N) is 2. The summed E-state index contributed by atoms with van der Waals surface area (Å²) in [5.74, 6) is -0.102.